The van der Waals surface area contributed by atoms with Crippen LogP contribution in [0.4, 0.5) is 4.79 Å². The van der Waals surface area contributed by atoms with E-state index in [-0.39, 0.29) is 17.4 Å². The van der Waals surface area contributed by atoms with Crippen molar-refractivity contribution in [2.24, 2.45) is 5.41 Å². The first-order chi connectivity index (χ1) is 12.4. The van der Waals surface area contributed by atoms with Crippen LogP contribution in [0.2, 0.25) is 0 Å². The molecule has 1 saturated heterocycles. The highest BCUT2D eigenvalue weighted by molar-refractivity contribution is 5.67. The second kappa shape index (κ2) is 7.89. The van der Waals surface area contributed by atoms with Gasteiger partial charge in [-0.05, 0) is 29.9 Å². The SMILES string of the molecule is CC(C)(C)COC(=O)N1CCCC(c2nccn2Cc2cccnc2)C1. The molecule has 1 amide bonds. The number of hydrogen-bond donors (Lipinski definition) is 0. The molecule has 0 spiro atoms. The van der Waals surface area contributed by atoms with Gasteiger partial charge in [-0.3, -0.25) is 4.98 Å². The van der Waals surface area contributed by atoms with E-state index in [1.165, 1.54) is 0 Å². The minimum absolute atomic E-state index is 0.0230. The number of ether oxygens (including phenoxy) is 1. The first kappa shape index (κ1) is 18.4. The van der Waals surface area contributed by atoms with Crippen molar-refractivity contribution in [2.45, 2.75) is 46.1 Å². The molecule has 0 aliphatic carbocycles. The van der Waals surface area contributed by atoms with Gasteiger partial charge in [0.15, 0.2) is 0 Å². The Bertz CT molecular complexity index is 721. The standard InChI is InChI=1S/C20H28N4O2/c1-20(2,3)15-26-19(25)24-10-5-7-17(14-24)18-22-9-11-23(18)13-16-6-4-8-21-12-16/h4,6,8-9,11-12,17H,5,7,10,13-15H2,1-3H3. The van der Waals surface area contributed by atoms with E-state index < -0.39 is 0 Å². The zero-order valence-corrected chi connectivity index (χ0v) is 15.9. The molecule has 6 heteroatoms. The van der Waals surface area contributed by atoms with E-state index >= 15 is 0 Å². The molecule has 1 aliphatic heterocycles. The van der Waals surface area contributed by atoms with Crippen LogP contribution < -0.4 is 0 Å². The van der Waals surface area contributed by atoms with Gasteiger partial charge in [0.25, 0.3) is 0 Å². The van der Waals surface area contributed by atoms with E-state index in [0.29, 0.717) is 13.2 Å². The summed E-state index contributed by atoms with van der Waals surface area (Å²) < 4.78 is 7.65. The molecule has 0 N–H and O–H groups in total. The van der Waals surface area contributed by atoms with Crippen molar-refractivity contribution in [1.82, 2.24) is 19.4 Å². The molecule has 140 valence electrons. The fourth-order valence-corrected chi connectivity index (χ4v) is 3.23. The van der Waals surface area contributed by atoms with Crippen molar-refractivity contribution in [3.8, 4) is 0 Å². The molecular weight excluding hydrogens is 328 g/mol. The fourth-order valence-electron chi connectivity index (χ4n) is 3.23. The zero-order chi connectivity index (χ0) is 18.6. The molecular formula is C20H28N4O2. The van der Waals surface area contributed by atoms with Crippen molar-refractivity contribution in [3.63, 3.8) is 0 Å². The monoisotopic (exact) mass is 356 g/mol. The minimum atomic E-state index is -0.213. The minimum Gasteiger partial charge on any atom is -0.449 e. The first-order valence-corrected chi connectivity index (χ1v) is 9.24. The number of piperidine rings is 1. The summed E-state index contributed by atoms with van der Waals surface area (Å²) in [5.74, 6) is 1.26. The van der Waals surface area contributed by atoms with Gasteiger partial charge in [-0.2, -0.15) is 0 Å². The highest BCUT2D eigenvalue weighted by Gasteiger charge is 2.29. The molecule has 26 heavy (non-hydrogen) atoms. The highest BCUT2D eigenvalue weighted by atomic mass is 16.6. The predicted octanol–water partition coefficient (Wildman–Crippen LogP) is 3.69. The topological polar surface area (TPSA) is 60.2 Å². The van der Waals surface area contributed by atoms with E-state index in [9.17, 15) is 4.79 Å². The van der Waals surface area contributed by atoms with E-state index in [1.54, 1.807) is 6.20 Å². The maximum absolute atomic E-state index is 12.4. The first-order valence-electron chi connectivity index (χ1n) is 9.24. The number of carbonyl (C=O) groups excluding carboxylic acids is 1. The summed E-state index contributed by atoms with van der Waals surface area (Å²) in [6, 6.07) is 4.01. The quantitative estimate of drug-likeness (QED) is 0.838. The molecule has 0 radical (unpaired) electrons. The van der Waals surface area contributed by atoms with Gasteiger partial charge in [-0.25, -0.2) is 9.78 Å². The van der Waals surface area contributed by atoms with E-state index in [4.69, 9.17) is 4.74 Å². The van der Waals surface area contributed by atoms with Crippen molar-refractivity contribution < 1.29 is 9.53 Å². The largest absolute Gasteiger partial charge is 0.449 e. The molecule has 0 saturated carbocycles. The number of imidazole rings is 1. The Hall–Kier alpha value is -2.37. The second-order valence-electron chi connectivity index (χ2n) is 8.18. The van der Waals surface area contributed by atoms with E-state index in [0.717, 1.165) is 37.3 Å². The molecule has 2 aromatic rings. The third-order valence-electron chi connectivity index (χ3n) is 4.50. The number of aromatic nitrogens is 3. The summed E-state index contributed by atoms with van der Waals surface area (Å²) in [7, 11) is 0. The fraction of sp³-hybridized carbons (Fsp3) is 0.550. The Morgan fingerprint density at radius 3 is 2.92 bits per heavy atom. The summed E-state index contributed by atoms with van der Waals surface area (Å²) in [5, 5.41) is 0. The Morgan fingerprint density at radius 2 is 2.19 bits per heavy atom. The summed E-state index contributed by atoms with van der Waals surface area (Å²) >= 11 is 0. The number of amides is 1. The van der Waals surface area contributed by atoms with Gasteiger partial charge in [0.1, 0.15) is 5.82 Å². The molecule has 1 fully saturated rings. The van der Waals surface area contributed by atoms with Crippen LogP contribution >= 0.6 is 0 Å². The predicted molar refractivity (Wildman–Crippen MR) is 99.9 cm³/mol. The van der Waals surface area contributed by atoms with Gasteiger partial charge in [0.05, 0.1) is 13.2 Å². The summed E-state index contributed by atoms with van der Waals surface area (Å²) in [4.78, 5) is 23.0. The maximum atomic E-state index is 12.4. The Kier molecular flexibility index (Phi) is 5.59. The lowest BCUT2D eigenvalue weighted by Gasteiger charge is -2.32. The molecule has 3 heterocycles. The number of nitrogens with zero attached hydrogens (tertiary/aromatic N) is 4. The highest BCUT2D eigenvalue weighted by Crippen LogP contribution is 2.27. The average molecular weight is 356 g/mol. The number of carbonyl (C=O) groups is 1. The summed E-state index contributed by atoms with van der Waals surface area (Å²) in [5.41, 5.74) is 1.12. The van der Waals surface area contributed by atoms with E-state index in [1.807, 2.05) is 29.6 Å². The molecule has 3 rings (SSSR count). The Labute approximate surface area is 155 Å². The van der Waals surface area contributed by atoms with Gasteiger partial charge >= 0.3 is 6.09 Å². The van der Waals surface area contributed by atoms with Gasteiger partial charge in [-0.15, -0.1) is 0 Å². The normalized spacial score (nSPS) is 18.0. The van der Waals surface area contributed by atoms with Crippen molar-refractivity contribution >= 4 is 6.09 Å². The van der Waals surface area contributed by atoms with Gasteiger partial charge in [0, 0.05) is 43.8 Å². The van der Waals surface area contributed by atoms with Crippen LogP contribution in [0.1, 0.15) is 50.9 Å². The van der Waals surface area contributed by atoms with Crippen molar-refractivity contribution in [2.75, 3.05) is 19.7 Å². The van der Waals surface area contributed by atoms with Crippen molar-refractivity contribution in [1.29, 1.82) is 0 Å². The average Bonchev–Trinajstić information content (AvgIpc) is 3.08. The molecule has 1 unspecified atom stereocenters. The van der Waals surface area contributed by atoms with Crippen LogP contribution in [0.5, 0.6) is 0 Å². The summed E-state index contributed by atoms with van der Waals surface area (Å²) in [6.45, 7) is 8.78. The molecule has 1 aliphatic rings. The van der Waals surface area contributed by atoms with E-state index in [2.05, 4.69) is 41.4 Å². The molecule has 0 aromatic carbocycles. The zero-order valence-electron chi connectivity index (χ0n) is 15.9. The lowest BCUT2D eigenvalue weighted by molar-refractivity contribution is 0.0640. The number of hydrogen-bond acceptors (Lipinski definition) is 4. The number of likely N-dealkylation sites (tertiary alicyclic amines) is 1. The molecule has 0 bridgehead atoms. The molecule has 1 atom stereocenters. The number of rotatable bonds is 4. The van der Waals surface area contributed by atoms with Gasteiger partial charge in [0.2, 0.25) is 0 Å². The lowest BCUT2D eigenvalue weighted by atomic mass is 9.97. The van der Waals surface area contributed by atoms with Gasteiger partial charge in [-0.1, -0.05) is 26.8 Å². The van der Waals surface area contributed by atoms with Crippen LogP contribution in [0, 0.1) is 5.41 Å². The summed E-state index contributed by atoms with van der Waals surface area (Å²) in [6.07, 6.45) is 9.28. The van der Waals surface area contributed by atoms with Crippen LogP contribution in [-0.2, 0) is 11.3 Å². The third-order valence-corrected chi connectivity index (χ3v) is 4.50. The Balaban J connectivity index is 1.65. The Morgan fingerprint density at radius 1 is 1.35 bits per heavy atom. The van der Waals surface area contributed by atoms with Crippen LogP contribution in [0.3, 0.4) is 0 Å². The maximum Gasteiger partial charge on any atom is 0.409 e. The van der Waals surface area contributed by atoms with Gasteiger partial charge < -0.3 is 14.2 Å². The third kappa shape index (κ3) is 4.84. The van der Waals surface area contributed by atoms with Crippen molar-refractivity contribution in [3.05, 3.63) is 48.3 Å². The number of pyridine rings is 1. The van der Waals surface area contributed by atoms with Crippen LogP contribution in [0.25, 0.3) is 0 Å². The van der Waals surface area contributed by atoms with Crippen LogP contribution in [0.15, 0.2) is 36.9 Å². The molecule has 2 aromatic heterocycles. The van der Waals surface area contributed by atoms with Crippen LogP contribution in [-0.4, -0.2) is 45.2 Å². The second-order valence-corrected chi connectivity index (χ2v) is 8.18. The smallest absolute Gasteiger partial charge is 0.409 e. The lowest BCUT2D eigenvalue weighted by Crippen LogP contribution is -2.41. The molecule has 6 nitrogen and oxygen atoms in total.